The Bertz CT molecular complexity index is 256. The highest BCUT2D eigenvalue weighted by molar-refractivity contribution is 7.16. The van der Waals surface area contributed by atoms with Crippen LogP contribution in [0.5, 0.6) is 0 Å². The zero-order valence-electron chi connectivity index (χ0n) is 5.30. The molecule has 2 rings (SSSR count). The lowest BCUT2D eigenvalue weighted by Gasteiger charge is -1.95. The van der Waals surface area contributed by atoms with Crippen LogP contribution in [0.2, 0.25) is 4.34 Å². The van der Waals surface area contributed by atoms with Crippen LogP contribution in [0.15, 0.2) is 6.07 Å². The van der Waals surface area contributed by atoms with E-state index in [1.165, 1.54) is 16.9 Å². The van der Waals surface area contributed by atoms with Gasteiger partial charge in [0.2, 0.25) is 0 Å². The van der Waals surface area contributed by atoms with Crippen molar-refractivity contribution >= 4 is 22.9 Å². The maximum absolute atomic E-state index is 9.35. The number of halogens is 1. The van der Waals surface area contributed by atoms with Gasteiger partial charge in [-0.25, -0.2) is 0 Å². The van der Waals surface area contributed by atoms with Crippen molar-refractivity contribution in [2.45, 2.75) is 18.9 Å². The van der Waals surface area contributed by atoms with Crippen molar-refractivity contribution in [1.82, 2.24) is 0 Å². The van der Waals surface area contributed by atoms with Gasteiger partial charge < -0.3 is 5.11 Å². The van der Waals surface area contributed by atoms with Crippen LogP contribution < -0.4 is 0 Å². The Labute approximate surface area is 68.3 Å². The number of aliphatic hydroxyl groups excluding tert-OH is 1. The predicted molar refractivity (Wildman–Crippen MR) is 42.6 cm³/mol. The molecule has 0 radical (unpaired) electrons. The Kier molecular flexibility index (Phi) is 1.48. The summed E-state index contributed by atoms with van der Waals surface area (Å²) in [6.07, 6.45) is 1.62. The molecule has 1 aliphatic carbocycles. The van der Waals surface area contributed by atoms with E-state index in [0.717, 1.165) is 22.1 Å². The van der Waals surface area contributed by atoms with Crippen LogP contribution in [0.3, 0.4) is 0 Å². The summed E-state index contributed by atoms with van der Waals surface area (Å²) in [7, 11) is 0. The molecule has 0 aromatic carbocycles. The molecule has 54 valence electrons. The number of hydrogen-bond acceptors (Lipinski definition) is 2. The van der Waals surface area contributed by atoms with Gasteiger partial charge in [-0.05, 0) is 24.5 Å². The van der Waals surface area contributed by atoms with Crippen LogP contribution in [-0.4, -0.2) is 5.11 Å². The molecule has 1 nitrogen and oxygen atoms in total. The van der Waals surface area contributed by atoms with Gasteiger partial charge >= 0.3 is 0 Å². The molecule has 0 bridgehead atoms. The molecule has 10 heavy (non-hydrogen) atoms. The van der Waals surface area contributed by atoms with Crippen LogP contribution in [0.1, 0.15) is 23.0 Å². The van der Waals surface area contributed by atoms with Crippen LogP contribution >= 0.6 is 22.9 Å². The molecule has 0 spiro atoms. The molecule has 0 aliphatic heterocycles. The van der Waals surface area contributed by atoms with E-state index in [9.17, 15) is 5.11 Å². The van der Waals surface area contributed by atoms with Gasteiger partial charge in [0.15, 0.2) is 0 Å². The van der Waals surface area contributed by atoms with Crippen molar-refractivity contribution in [3.63, 3.8) is 0 Å². The molecule has 1 atom stereocenters. The SMILES string of the molecule is OC1CCc2cc(Cl)sc21. The minimum absolute atomic E-state index is 0.243. The van der Waals surface area contributed by atoms with E-state index >= 15 is 0 Å². The van der Waals surface area contributed by atoms with Gasteiger partial charge in [0.1, 0.15) is 0 Å². The van der Waals surface area contributed by atoms with Crippen molar-refractivity contribution < 1.29 is 5.11 Å². The summed E-state index contributed by atoms with van der Waals surface area (Å²) < 4.78 is 0.795. The van der Waals surface area contributed by atoms with Crippen LogP contribution in [-0.2, 0) is 6.42 Å². The topological polar surface area (TPSA) is 20.2 Å². The van der Waals surface area contributed by atoms with E-state index in [-0.39, 0.29) is 6.10 Å². The average Bonchev–Trinajstić information content (AvgIpc) is 2.35. The molecule has 1 aromatic rings. The first-order valence-corrected chi connectivity index (χ1v) is 4.43. The molecule has 1 heterocycles. The second-order valence-electron chi connectivity index (χ2n) is 2.49. The molecule has 0 saturated heterocycles. The van der Waals surface area contributed by atoms with Gasteiger partial charge in [-0.3, -0.25) is 0 Å². The zero-order valence-corrected chi connectivity index (χ0v) is 6.87. The number of thiophene rings is 1. The minimum Gasteiger partial charge on any atom is -0.388 e. The first kappa shape index (κ1) is 6.65. The summed E-state index contributed by atoms with van der Waals surface area (Å²) >= 11 is 7.25. The summed E-state index contributed by atoms with van der Waals surface area (Å²) in [5, 5.41) is 9.35. The van der Waals surface area contributed by atoms with Crippen molar-refractivity contribution in [2.24, 2.45) is 0 Å². The highest BCUT2D eigenvalue weighted by Gasteiger charge is 2.22. The number of aliphatic hydroxyl groups is 1. The van der Waals surface area contributed by atoms with Crippen molar-refractivity contribution in [3.05, 3.63) is 20.8 Å². The molecule has 0 amide bonds. The summed E-state index contributed by atoms with van der Waals surface area (Å²) in [6, 6.07) is 1.96. The highest BCUT2D eigenvalue weighted by atomic mass is 35.5. The fourth-order valence-electron chi connectivity index (χ4n) is 1.31. The Hall–Kier alpha value is -0.0500. The van der Waals surface area contributed by atoms with Gasteiger partial charge in [-0.2, -0.15) is 0 Å². The van der Waals surface area contributed by atoms with Gasteiger partial charge in [0.05, 0.1) is 10.4 Å². The summed E-state index contributed by atoms with van der Waals surface area (Å²) in [5.74, 6) is 0. The summed E-state index contributed by atoms with van der Waals surface area (Å²) in [6.45, 7) is 0. The summed E-state index contributed by atoms with van der Waals surface area (Å²) in [5.41, 5.74) is 1.24. The molecular weight excluding hydrogens is 168 g/mol. The highest BCUT2D eigenvalue weighted by Crippen LogP contribution is 2.39. The number of hydrogen-bond donors (Lipinski definition) is 1. The summed E-state index contributed by atoms with van der Waals surface area (Å²) in [4.78, 5) is 1.07. The van der Waals surface area contributed by atoms with Gasteiger partial charge in [-0.1, -0.05) is 11.6 Å². The predicted octanol–water partition coefficient (Wildman–Crippen LogP) is 2.38. The Morgan fingerprint density at radius 3 is 3.20 bits per heavy atom. The lowest BCUT2D eigenvalue weighted by molar-refractivity contribution is 0.183. The third-order valence-corrected chi connectivity index (χ3v) is 3.21. The van der Waals surface area contributed by atoms with E-state index in [4.69, 9.17) is 11.6 Å². The molecule has 0 fully saturated rings. The molecule has 1 N–H and O–H groups in total. The molecule has 1 unspecified atom stereocenters. The Morgan fingerprint density at radius 2 is 2.50 bits per heavy atom. The fraction of sp³-hybridized carbons (Fsp3) is 0.429. The van der Waals surface area contributed by atoms with Crippen LogP contribution in [0, 0.1) is 0 Å². The second-order valence-corrected chi connectivity index (χ2v) is 4.21. The second kappa shape index (κ2) is 2.22. The van der Waals surface area contributed by atoms with Gasteiger partial charge in [0, 0.05) is 4.88 Å². The van der Waals surface area contributed by atoms with Gasteiger partial charge in [0.25, 0.3) is 0 Å². The number of rotatable bonds is 0. The largest absolute Gasteiger partial charge is 0.388 e. The lowest BCUT2D eigenvalue weighted by Crippen LogP contribution is -1.84. The minimum atomic E-state index is -0.243. The van der Waals surface area contributed by atoms with E-state index in [0.29, 0.717) is 0 Å². The maximum Gasteiger partial charge on any atom is 0.0935 e. The average molecular weight is 175 g/mol. The molecular formula is C7H7ClOS. The molecule has 0 saturated carbocycles. The normalized spacial score (nSPS) is 23.2. The smallest absolute Gasteiger partial charge is 0.0935 e. The monoisotopic (exact) mass is 174 g/mol. The zero-order chi connectivity index (χ0) is 7.14. The Balaban J connectivity index is 2.49. The third-order valence-electron chi connectivity index (χ3n) is 1.80. The number of fused-ring (bicyclic) bond motifs is 1. The first-order chi connectivity index (χ1) is 4.77. The van der Waals surface area contributed by atoms with Crippen molar-refractivity contribution in [2.75, 3.05) is 0 Å². The van der Waals surface area contributed by atoms with Crippen molar-refractivity contribution in [3.8, 4) is 0 Å². The maximum atomic E-state index is 9.35. The molecule has 1 aromatic heterocycles. The van der Waals surface area contributed by atoms with E-state index < -0.39 is 0 Å². The third kappa shape index (κ3) is 0.875. The van der Waals surface area contributed by atoms with Gasteiger partial charge in [-0.15, -0.1) is 11.3 Å². The van der Waals surface area contributed by atoms with Crippen molar-refractivity contribution in [1.29, 1.82) is 0 Å². The molecule has 3 heteroatoms. The van der Waals surface area contributed by atoms with E-state index in [1.807, 2.05) is 6.07 Å². The van der Waals surface area contributed by atoms with E-state index in [2.05, 4.69) is 0 Å². The van der Waals surface area contributed by atoms with Crippen LogP contribution in [0.25, 0.3) is 0 Å². The lowest BCUT2D eigenvalue weighted by atomic mass is 10.3. The Morgan fingerprint density at radius 1 is 1.70 bits per heavy atom. The standard InChI is InChI=1S/C7H7ClOS/c8-6-3-4-1-2-5(9)7(4)10-6/h3,5,9H,1-2H2. The number of aryl methyl sites for hydroxylation is 1. The first-order valence-electron chi connectivity index (χ1n) is 3.23. The molecule has 1 aliphatic rings. The quantitative estimate of drug-likeness (QED) is 0.641. The van der Waals surface area contributed by atoms with E-state index in [1.54, 1.807) is 0 Å². The fourth-order valence-corrected chi connectivity index (χ4v) is 2.65. The van der Waals surface area contributed by atoms with Crippen LogP contribution in [0.4, 0.5) is 0 Å².